The average Bonchev–Trinajstić information content (AvgIpc) is 2.96. The van der Waals surface area contributed by atoms with Gasteiger partial charge in [-0.25, -0.2) is 4.79 Å². The van der Waals surface area contributed by atoms with Crippen molar-refractivity contribution in [2.45, 2.75) is 39.3 Å². The highest BCUT2D eigenvalue weighted by atomic mass is 32.2. The molecule has 152 valence electrons. The Morgan fingerprint density at radius 3 is 2.59 bits per heavy atom. The van der Waals surface area contributed by atoms with Crippen molar-refractivity contribution in [2.75, 3.05) is 0 Å². The second-order valence-electron chi connectivity index (χ2n) is 6.70. The maximum Gasteiger partial charge on any atom is 0.356 e. The van der Waals surface area contributed by atoms with E-state index in [-0.39, 0.29) is 35.8 Å². The highest BCUT2D eigenvalue weighted by Crippen LogP contribution is 2.43. The summed E-state index contributed by atoms with van der Waals surface area (Å²) in [4.78, 5) is 48.1. The number of rotatable bonds is 7. The van der Waals surface area contributed by atoms with E-state index in [9.17, 15) is 24.5 Å². The number of fused-ring (bicyclic) bond motifs is 1. The highest BCUT2D eigenvalue weighted by Gasteiger charge is 2.48. The number of amides is 2. The topological polar surface area (TPSA) is 119 Å². The van der Waals surface area contributed by atoms with Crippen LogP contribution < -0.4 is 5.32 Å². The number of carbonyl (C=O) groups is 3. The van der Waals surface area contributed by atoms with Crippen LogP contribution in [-0.4, -0.2) is 33.6 Å². The van der Waals surface area contributed by atoms with Crippen LogP contribution in [0, 0.1) is 10.1 Å². The fourth-order valence-corrected chi connectivity index (χ4v) is 4.07. The Morgan fingerprint density at radius 2 is 2.00 bits per heavy atom. The zero-order valence-corrected chi connectivity index (χ0v) is 16.7. The van der Waals surface area contributed by atoms with Gasteiger partial charge in [0.1, 0.15) is 12.3 Å². The molecule has 10 heteroatoms. The third kappa shape index (κ3) is 4.65. The minimum absolute atomic E-state index is 0.0404. The maximum atomic E-state index is 12.7. The van der Waals surface area contributed by atoms with Crippen LogP contribution in [0.5, 0.6) is 0 Å². The van der Waals surface area contributed by atoms with E-state index in [4.69, 9.17) is 4.74 Å². The predicted molar refractivity (Wildman–Crippen MR) is 105 cm³/mol. The number of allylic oxidation sites excluding steroid dienone is 1. The molecule has 0 spiro atoms. The number of carbonyl (C=O) groups excluding carboxylic acids is 3. The fraction of sp³-hybridized carbons (Fsp3) is 0.316. The number of nitro benzene ring substituents is 1. The Morgan fingerprint density at radius 1 is 1.31 bits per heavy atom. The molecule has 0 aromatic heterocycles. The molecule has 1 unspecified atom stereocenters. The minimum Gasteiger partial charge on any atom is -0.456 e. The van der Waals surface area contributed by atoms with Crippen molar-refractivity contribution in [3.8, 4) is 0 Å². The highest BCUT2D eigenvalue weighted by molar-refractivity contribution is 8.05. The second kappa shape index (κ2) is 8.48. The summed E-state index contributed by atoms with van der Waals surface area (Å²) >= 11 is 1.28. The Bertz CT molecular complexity index is 938. The number of nitrogens with one attached hydrogen (secondary N) is 1. The molecule has 29 heavy (non-hydrogen) atoms. The number of hydrogen-bond acceptors (Lipinski definition) is 7. The van der Waals surface area contributed by atoms with Crippen LogP contribution in [0.3, 0.4) is 0 Å². The summed E-state index contributed by atoms with van der Waals surface area (Å²) in [6.07, 6.45) is 0.944. The standard InChI is InChI=1S/C19H19N3O6S/c1-11(20-12(2)23)10-29-16-7-15-8-17(24)21(15)18(16)19(25)28-9-13-3-5-14(6-4-13)22(26)27/h3-6,10,15H,7-9H2,1-2H3,(H,20,23). The summed E-state index contributed by atoms with van der Waals surface area (Å²) in [5.74, 6) is -0.941. The molecule has 0 saturated carbocycles. The van der Waals surface area contributed by atoms with Gasteiger partial charge in [0, 0.05) is 42.5 Å². The molecule has 0 aliphatic carbocycles. The molecule has 9 nitrogen and oxygen atoms in total. The van der Waals surface area contributed by atoms with Crippen molar-refractivity contribution in [3.05, 3.63) is 61.7 Å². The van der Waals surface area contributed by atoms with Gasteiger partial charge in [0.05, 0.1) is 11.0 Å². The molecule has 1 saturated heterocycles. The lowest BCUT2D eigenvalue weighted by Crippen LogP contribution is -2.49. The summed E-state index contributed by atoms with van der Waals surface area (Å²) in [5, 5.41) is 15.1. The first-order valence-corrected chi connectivity index (χ1v) is 9.71. The molecule has 1 aromatic carbocycles. The van der Waals surface area contributed by atoms with Crippen molar-refractivity contribution in [2.24, 2.45) is 0 Å². The lowest BCUT2D eigenvalue weighted by Gasteiger charge is -2.35. The SMILES string of the molecule is CC(=O)NC(C)=CSC1=C(C(=O)OCc2ccc([N+](=O)[O-])cc2)N2C(=O)CC2C1. The van der Waals surface area contributed by atoms with Gasteiger partial charge >= 0.3 is 5.97 Å². The molecule has 2 aliphatic heterocycles. The molecular weight excluding hydrogens is 398 g/mol. The number of nitrogens with zero attached hydrogens (tertiary/aromatic N) is 2. The van der Waals surface area contributed by atoms with Crippen LogP contribution in [0.1, 0.15) is 32.3 Å². The molecule has 1 N–H and O–H groups in total. The van der Waals surface area contributed by atoms with Crippen LogP contribution >= 0.6 is 11.8 Å². The molecule has 0 bridgehead atoms. The minimum atomic E-state index is -0.619. The number of β-lactam (4-membered cyclic amide) rings is 1. The van der Waals surface area contributed by atoms with E-state index in [1.54, 1.807) is 12.3 Å². The molecule has 2 amide bonds. The van der Waals surface area contributed by atoms with Crippen LogP contribution in [0.15, 0.2) is 46.0 Å². The molecule has 2 heterocycles. The molecule has 2 aliphatic rings. The third-order valence-corrected chi connectivity index (χ3v) is 5.55. The summed E-state index contributed by atoms with van der Waals surface area (Å²) in [6.45, 7) is 3.07. The third-order valence-electron chi connectivity index (χ3n) is 4.43. The molecule has 3 rings (SSSR count). The van der Waals surface area contributed by atoms with Crippen molar-refractivity contribution < 1.29 is 24.0 Å². The van der Waals surface area contributed by atoms with Gasteiger partial charge in [-0.2, -0.15) is 0 Å². The van der Waals surface area contributed by atoms with Crippen LogP contribution in [-0.2, 0) is 25.7 Å². The Labute approximate surface area is 170 Å². The molecular formula is C19H19N3O6S. The van der Waals surface area contributed by atoms with Crippen LogP contribution in [0.4, 0.5) is 5.69 Å². The van der Waals surface area contributed by atoms with Gasteiger partial charge < -0.3 is 15.0 Å². The number of thioether (sulfide) groups is 1. The first-order valence-electron chi connectivity index (χ1n) is 8.83. The summed E-state index contributed by atoms with van der Waals surface area (Å²) in [5.41, 5.74) is 1.41. The first-order chi connectivity index (χ1) is 13.8. The monoisotopic (exact) mass is 417 g/mol. The van der Waals surface area contributed by atoms with Gasteiger partial charge in [0.2, 0.25) is 11.8 Å². The summed E-state index contributed by atoms with van der Waals surface area (Å²) in [7, 11) is 0. The second-order valence-corrected chi connectivity index (χ2v) is 7.66. The van der Waals surface area contributed by atoms with Crippen LogP contribution in [0.25, 0.3) is 0 Å². The lowest BCUT2D eigenvalue weighted by atomic mass is 10.0. The normalized spacial score (nSPS) is 18.3. The van der Waals surface area contributed by atoms with E-state index >= 15 is 0 Å². The van der Waals surface area contributed by atoms with Crippen molar-refractivity contribution in [1.29, 1.82) is 0 Å². The number of nitro groups is 1. The van der Waals surface area contributed by atoms with Gasteiger partial charge in [-0.3, -0.25) is 19.7 Å². The zero-order chi connectivity index (χ0) is 21.1. The number of benzene rings is 1. The van der Waals surface area contributed by atoms with E-state index < -0.39 is 10.9 Å². The number of hydrogen-bond donors (Lipinski definition) is 1. The molecule has 1 atom stereocenters. The predicted octanol–water partition coefficient (Wildman–Crippen LogP) is 2.58. The summed E-state index contributed by atoms with van der Waals surface area (Å²) < 4.78 is 5.35. The van der Waals surface area contributed by atoms with E-state index in [2.05, 4.69) is 5.32 Å². The number of ether oxygens (including phenoxy) is 1. The van der Waals surface area contributed by atoms with Gasteiger partial charge in [-0.1, -0.05) is 11.8 Å². The Kier molecular flexibility index (Phi) is 6.02. The Hall–Kier alpha value is -3.14. The maximum absolute atomic E-state index is 12.7. The fourth-order valence-electron chi connectivity index (χ4n) is 3.11. The Balaban J connectivity index is 1.71. The average molecular weight is 417 g/mol. The summed E-state index contributed by atoms with van der Waals surface area (Å²) in [6, 6.07) is 5.66. The van der Waals surface area contributed by atoms with E-state index in [0.717, 1.165) is 0 Å². The van der Waals surface area contributed by atoms with Gasteiger partial charge in [-0.15, -0.1) is 0 Å². The first kappa shape index (κ1) is 20.6. The van der Waals surface area contributed by atoms with Gasteiger partial charge in [0.15, 0.2) is 0 Å². The quantitative estimate of drug-likeness (QED) is 0.313. The number of esters is 1. The van der Waals surface area contributed by atoms with E-state index in [1.165, 1.54) is 47.9 Å². The van der Waals surface area contributed by atoms with Crippen LogP contribution in [0.2, 0.25) is 0 Å². The number of non-ortho nitro benzene ring substituents is 1. The van der Waals surface area contributed by atoms with E-state index in [1.807, 2.05) is 0 Å². The zero-order valence-electron chi connectivity index (χ0n) is 15.8. The molecule has 1 aromatic rings. The smallest absolute Gasteiger partial charge is 0.356 e. The lowest BCUT2D eigenvalue weighted by molar-refractivity contribution is -0.384. The molecule has 1 fully saturated rings. The van der Waals surface area contributed by atoms with Crippen molar-refractivity contribution in [3.63, 3.8) is 0 Å². The van der Waals surface area contributed by atoms with E-state index in [0.29, 0.717) is 29.0 Å². The van der Waals surface area contributed by atoms with Crippen molar-refractivity contribution >= 4 is 35.2 Å². The van der Waals surface area contributed by atoms with Crippen molar-refractivity contribution in [1.82, 2.24) is 10.2 Å². The van der Waals surface area contributed by atoms with Gasteiger partial charge in [-0.05, 0) is 30.0 Å². The van der Waals surface area contributed by atoms with Gasteiger partial charge in [0.25, 0.3) is 5.69 Å². The largest absolute Gasteiger partial charge is 0.456 e. The molecule has 0 radical (unpaired) electrons.